The first kappa shape index (κ1) is 10.8. The molecule has 0 aromatic heterocycles. The van der Waals surface area contributed by atoms with E-state index in [-0.39, 0.29) is 0 Å². The van der Waals surface area contributed by atoms with E-state index in [2.05, 4.69) is 29.3 Å². The zero-order valence-electron chi connectivity index (χ0n) is 9.04. The van der Waals surface area contributed by atoms with Gasteiger partial charge in [-0.2, -0.15) is 0 Å². The van der Waals surface area contributed by atoms with Gasteiger partial charge in [0.1, 0.15) is 0 Å². The summed E-state index contributed by atoms with van der Waals surface area (Å²) in [6.07, 6.45) is 1.17. The van der Waals surface area contributed by atoms with E-state index in [0.717, 1.165) is 24.7 Å². The van der Waals surface area contributed by atoms with Crippen LogP contribution in [0.3, 0.4) is 0 Å². The highest BCUT2D eigenvalue weighted by Crippen LogP contribution is 2.23. The van der Waals surface area contributed by atoms with Crippen LogP contribution in [0, 0.1) is 0 Å². The predicted molar refractivity (Wildman–Crippen MR) is 65.7 cm³/mol. The molecule has 1 N–H and O–H groups in total. The molecule has 1 aromatic rings. The minimum Gasteiger partial charge on any atom is -0.366 e. The lowest BCUT2D eigenvalue weighted by Gasteiger charge is -2.37. The summed E-state index contributed by atoms with van der Waals surface area (Å²) in [6.45, 7) is 5.43. The molecule has 0 aliphatic carbocycles. The first-order valence-corrected chi connectivity index (χ1v) is 5.92. The topological polar surface area (TPSA) is 15.3 Å². The third-order valence-corrected chi connectivity index (χ3v) is 3.20. The predicted octanol–water partition coefficient (Wildman–Crippen LogP) is 2.53. The molecule has 0 unspecified atom stereocenters. The number of benzene rings is 1. The van der Waals surface area contributed by atoms with Crippen molar-refractivity contribution in [2.45, 2.75) is 19.4 Å². The Kier molecular flexibility index (Phi) is 3.49. The Hall–Kier alpha value is -0.730. The van der Waals surface area contributed by atoms with Crippen LogP contribution in [0.5, 0.6) is 0 Å². The molecule has 82 valence electrons. The monoisotopic (exact) mass is 224 g/mol. The number of nitrogens with zero attached hydrogens (tertiary/aromatic N) is 1. The summed E-state index contributed by atoms with van der Waals surface area (Å²) in [5.41, 5.74) is 1.25. The summed E-state index contributed by atoms with van der Waals surface area (Å²) < 4.78 is 0. The highest BCUT2D eigenvalue weighted by molar-refractivity contribution is 6.30. The third kappa shape index (κ3) is 2.44. The first-order valence-electron chi connectivity index (χ1n) is 5.54. The van der Waals surface area contributed by atoms with E-state index in [1.54, 1.807) is 0 Å². The molecule has 0 spiro atoms. The van der Waals surface area contributed by atoms with Crippen molar-refractivity contribution in [2.24, 2.45) is 0 Å². The van der Waals surface area contributed by atoms with Gasteiger partial charge in [-0.3, -0.25) is 0 Å². The molecule has 2 nitrogen and oxygen atoms in total. The Labute approximate surface area is 96.2 Å². The van der Waals surface area contributed by atoms with Crippen LogP contribution in [0.1, 0.15) is 13.3 Å². The fraction of sp³-hybridized carbons (Fsp3) is 0.500. The maximum atomic E-state index is 6.01. The van der Waals surface area contributed by atoms with Gasteiger partial charge in [-0.25, -0.2) is 0 Å². The summed E-state index contributed by atoms with van der Waals surface area (Å²) in [4.78, 5) is 2.45. The highest BCUT2D eigenvalue weighted by atomic mass is 35.5. The van der Waals surface area contributed by atoms with Crippen molar-refractivity contribution < 1.29 is 0 Å². The van der Waals surface area contributed by atoms with Gasteiger partial charge < -0.3 is 10.2 Å². The molecule has 1 fully saturated rings. The van der Waals surface area contributed by atoms with Crippen LogP contribution in [0.2, 0.25) is 5.02 Å². The van der Waals surface area contributed by atoms with Crippen LogP contribution in [-0.2, 0) is 0 Å². The van der Waals surface area contributed by atoms with Gasteiger partial charge in [-0.1, -0.05) is 24.6 Å². The fourth-order valence-electron chi connectivity index (χ4n) is 2.12. The number of hydrogen-bond donors (Lipinski definition) is 1. The summed E-state index contributed by atoms with van der Waals surface area (Å²) in [5.74, 6) is 0. The van der Waals surface area contributed by atoms with Gasteiger partial charge >= 0.3 is 0 Å². The molecule has 0 bridgehead atoms. The summed E-state index contributed by atoms with van der Waals surface area (Å²) in [7, 11) is 0. The molecule has 2 rings (SSSR count). The Balaban J connectivity index is 2.20. The second-order valence-corrected chi connectivity index (χ2v) is 4.38. The lowest BCUT2D eigenvalue weighted by Crippen LogP contribution is -2.51. The van der Waals surface area contributed by atoms with Crippen molar-refractivity contribution in [1.29, 1.82) is 0 Å². The average molecular weight is 225 g/mol. The van der Waals surface area contributed by atoms with Crippen LogP contribution in [0.15, 0.2) is 24.3 Å². The van der Waals surface area contributed by atoms with Gasteiger partial charge in [-0.15, -0.1) is 0 Å². The second-order valence-electron chi connectivity index (χ2n) is 3.94. The largest absolute Gasteiger partial charge is 0.366 e. The Morgan fingerprint density at radius 3 is 3.13 bits per heavy atom. The molecule has 0 radical (unpaired) electrons. The molecule has 1 saturated heterocycles. The zero-order valence-corrected chi connectivity index (χ0v) is 9.80. The number of halogens is 1. The Morgan fingerprint density at radius 2 is 2.40 bits per heavy atom. The molecule has 1 atom stereocenters. The SMILES string of the molecule is CC[C@@H]1CNCCN1c1cccc(Cl)c1. The van der Waals surface area contributed by atoms with Crippen molar-refractivity contribution in [3.05, 3.63) is 29.3 Å². The number of piperazine rings is 1. The number of rotatable bonds is 2. The molecule has 1 aliphatic heterocycles. The van der Waals surface area contributed by atoms with Crippen LogP contribution in [0.25, 0.3) is 0 Å². The molecule has 0 saturated carbocycles. The van der Waals surface area contributed by atoms with Crippen molar-refractivity contribution in [2.75, 3.05) is 24.5 Å². The lowest BCUT2D eigenvalue weighted by atomic mass is 10.1. The minimum atomic E-state index is 0.595. The second kappa shape index (κ2) is 4.86. The maximum Gasteiger partial charge on any atom is 0.0426 e. The molecular formula is C12H17ClN2. The van der Waals surface area contributed by atoms with Crippen LogP contribution in [0.4, 0.5) is 5.69 Å². The molecule has 3 heteroatoms. The number of hydrogen-bond acceptors (Lipinski definition) is 2. The molecule has 1 heterocycles. The van der Waals surface area contributed by atoms with Crippen molar-refractivity contribution in [3.8, 4) is 0 Å². The normalized spacial score (nSPS) is 21.7. The number of anilines is 1. The van der Waals surface area contributed by atoms with Gasteiger partial charge in [0.25, 0.3) is 0 Å². The quantitative estimate of drug-likeness (QED) is 0.831. The van der Waals surface area contributed by atoms with E-state index in [0.29, 0.717) is 6.04 Å². The highest BCUT2D eigenvalue weighted by Gasteiger charge is 2.20. The summed E-state index contributed by atoms with van der Waals surface area (Å²) >= 11 is 6.01. The first-order chi connectivity index (χ1) is 7.31. The van der Waals surface area contributed by atoms with E-state index in [1.807, 2.05) is 12.1 Å². The molecule has 1 aromatic carbocycles. The van der Waals surface area contributed by atoms with Crippen LogP contribution < -0.4 is 10.2 Å². The Morgan fingerprint density at radius 1 is 1.53 bits per heavy atom. The number of nitrogens with one attached hydrogen (secondary N) is 1. The average Bonchev–Trinajstić information content (AvgIpc) is 2.29. The van der Waals surface area contributed by atoms with Crippen LogP contribution in [-0.4, -0.2) is 25.7 Å². The van der Waals surface area contributed by atoms with Gasteiger partial charge in [0, 0.05) is 36.4 Å². The van der Waals surface area contributed by atoms with Gasteiger partial charge in [-0.05, 0) is 24.6 Å². The van der Waals surface area contributed by atoms with Gasteiger partial charge in [0.15, 0.2) is 0 Å². The van der Waals surface area contributed by atoms with E-state index < -0.39 is 0 Å². The van der Waals surface area contributed by atoms with Crippen molar-refractivity contribution >= 4 is 17.3 Å². The van der Waals surface area contributed by atoms with Gasteiger partial charge in [0.2, 0.25) is 0 Å². The van der Waals surface area contributed by atoms with E-state index in [9.17, 15) is 0 Å². The fourth-order valence-corrected chi connectivity index (χ4v) is 2.30. The van der Waals surface area contributed by atoms with Crippen LogP contribution >= 0.6 is 11.6 Å². The minimum absolute atomic E-state index is 0.595. The van der Waals surface area contributed by atoms with E-state index in [1.165, 1.54) is 12.1 Å². The molecule has 15 heavy (non-hydrogen) atoms. The van der Waals surface area contributed by atoms with Gasteiger partial charge in [0.05, 0.1) is 0 Å². The smallest absolute Gasteiger partial charge is 0.0426 e. The van der Waals surface area contributed by atoms with Crippen molar-refractivity contribution in [1.82, 2.24) is 5.32 Å². The molecular weight excluding hydrogens is 208 g/mol. The lowest BCUT2D eigenvalue weighted by molar-refractivity contribution is 0.466. The van der Waals surface area contributed by atoms with E-state index in [4.69, 9.17) is 11.6 Å². The maximum absolute atomic E-state index is 6.01. The van der Waals surface area contributed by atoms with E-state index >= 15 is 0 Å². The Bertz CT molecular complexity index is 327. The summed E-state index contributed by atoms with van der Waals surface area (Å²) in [6, 6.07) is 8.73. The molecule has 0 amide bonds. The van der Waals surface area contributed by atoms with Crippen molar-refractivity contribution in [3.63, 3.8) is 0 Å². The zero-order chi connectivity index (χ0) is 10.7. The molecule has 1 aliphatic rings. The third-order valence-electron chi connectivity index (χ3n) is 2.96. The standard InChI is InChI=1S/C12H17ClN2/c1-2-11-9-14-6-7-15(11)12-5-3-4-10(13)8-12/h3-5,8,11,14H,2,6-7,9H2,1H3/t11-/m1/s1. The summed E-state index contributed by atoms with van der Waals surface area (Å²) in [5, 5.41) is 4.25.